The molecule has 0 spiro atoms. The minimum atomic E-state index is -4.62. The lowest BCUT2D eigenvalue weighted by Gasteiger charge is -2.13. The summed E-state index contributed by atoms with van der Waals surface area (Å²) in [6.45, 7) is 0.842. The Kier molecular flexibility index (Phi) is 7.52. The molecule has 0 aliphatic rings. The van der Waals surface area contributed by atoms with Crippen molar-refractivity contribution >= 4 is 23.5 Å². The molecule has 32 heavy (non-hydrogen) atoms. The van der Waals surface area contributed by atoms with Crippen LogP contribution in [0.5, 0.6) is 0 Å². The van der Waals surface area contributed by atoms with Crippen LogP contribution in [0.2, 0.25) is 0 Å². The predicted molar refractivity (Wildman–Crippen MR) is 114 cm³/mol. The van der Waals surface area contributed by atoms with Crippen LogP contribution in [0.4, 0.5) is 23.4 Å². The van der Waals surface area contributed by atoms with Crippen LogP contribution in [0.25, 0.3) is 22.5 Å². The normalized spacial score (nSPS) is 11.6. The fraction of sp³-hybridized carbons (Fsp3) is 0.286. The van der Waals surface area contributed by atoms with Gasteiger partial charge in [0.2, 0.25) is 5.91 Å². The van der Waals surface area contributed by atoms with E-state index in [2.05, 4.69) is 15.3 Å². The number of thioether (sulfide) groups is 1. The second-order valence-electron chi connectivity index (χ2n) is 6.72. The van der Waals surface area contributed by atoms with Crippen molar-refractivity contribution in [2.45, 2.75) is 24.3 Å². The summed E-state index contributed by atoms with van der Waals surface area (Å²) in [7, 11) is 1.57. The number of hydrogen-bond acceptors (Lipinski definition) is 5. The number of rotatable bonds is 8. The van der Waals surface area contributed by atoms with Crippen molar-refractivity contribution in [2.75, 3.05) is 25.3 Å². The van der Waals surface area contributed by atoms with Gasteiger partial charge in [-0.1, -0.05) is 11.8 Å². The number of pyridine rings is 1. The van der Waals surface area contributed by atoms with Gasteiger partial charge in [0.15, 0.2) is 5.16 Å². The molecule has 0 unspecified atom stereocenters. The van der Waals surface area contributed by atoms with E-state index in [0.717, 1.165) is 0 Å². The molecule has 2 heterocycles. The number of aromatic nitrogens is 3. The van der Waals surface area contributed by atoms with Crippen LogP contribution in [0.15, 0.2) is 47.8 Å². The monoisotopic (exact) mass is 468 g/mol. The molecule has 3 aromatic rings. The van der Waals surface area contributed by atoms with Gasteiger partial charge in [0.05, 0.1) is 18.0 Å². The molecule has 0 atom stereocenters. The number of carbonyl (C=O) groups is 1. The highest BCUT2D eigenvalue weighted by Gasteiger charge is 2.31. The van der Waals surface area contributed by atoms with E-state index in [1.165, 1.54) is 36.2 Å². The highest BCUT2D eigenvalue weighted by Crippen LogP contribution is 2.36. The maximum Gasteiger partial charge on any atom is 0.397 e. The molecule has 11 heteroatoms. The number of nitrogens with one attached hydrogen (secondary N) is 1. The summed E-state index contributed by atoms with van der Waals surface area (Å²) in [4.78, 5) is 20.4. The Balaban J connectivity index is 2.08. The van der Waals surface area contributed by atoms with Crippen molar-refractivity contribution in [1.82, 2.24) is 14.5 Å². The Labute approximate surface area is 186 Å². The molecule has 1 amide bonds. The Morgan fingerprint density at radius 1 is 1.19 bits per heavy atom. The highest BCUT2D eigenvalue weighted by molar-refractivity contribution is 7.98. The number of nitrogens with zero attached hydrogens (tertiary/aromatic N) is 3. The van der Waals surface area contributed by atoms with Gasteiger partial charge in [-0.2, -0.15) is 13.2 Å². The van der Waals surface area contributed by atoms with Crippen molar-refractivity contribution < 1.29 is 27.1 Å². The van der Waals surface area contributed by atoms with Crippen molar-refractivity contribution in [3.05, 3.63) is 48.4 Å². The Morgan fingerprint density at radius 3 is 2.53 bits per heavy atom. The maximum absolute atomic E-state index is 13.5. The number of imidazole rings is 1. The lowest BCUT2D eigenvalue weighted by Crippen LogP contribution is -2.21. The van der Waals surface area contributed by atoms with Crippen molar-refractivity contribution in [3.63, 3.8) is 0 Å². The van der Waals surface area contributed by atoms with E-state index < -0.39 is 24.3 Å². The first-order chi connectivity index (χ1) is 15.2. The number of anilines is 1. The molecule has 2 aromatic heterocycles. The Bertz CT molecular complexity index is 1080. The number of amides is 1. The largest absolute Gasteiger partial charge is 0.397 e. The van der Waals surface area contributed by atoms with E-state index in [0.29, 0.717) is 40.8 Å². The molecule has 1 N–H and O–H groups in total. The summed E-state index contributed by atoms with van der Waals surface area (Å²) in [5.41, 5.74) is 2.44. The average Bonchev–Trinajstić information content (AvgIpc) is 3.10. The standard InChI is InChI=1S/C21H20F4N4O2S/c1-31-10-9-29-19(18(28-20(29)32-2)13-3-5-15(22)6-4-13)14-7-8-26-16(11-14)27-17(30)12-21(23,24)25/h3-8,11H,9-10,12H2,1-2H3,(H,26,27,30). The first-order valence-electron chi connectivity index (χ1n) is 9.44. The van der Waals surface area contributed by atoms with E-state index in [1.54, 1.807) is 25.3 Å². The van der Waals surface area contributed by atoms with E-state index in [-0.39, 0.29) is 5.82 Å². The third-order valence-corrected chi connectivity index (χ3v) is 5.09. The van der Waals surface area contributed by atoms with Crippen molar-refractivity contribution in [3.8, 4) is 22.5 Å². The summed E-state index contributed by atoms with van der Waals surface area (Å²) in [6, 6.07) is 8.98. The number of methoxy groups -OCH3 is 1. The number of hydrogen-bond donors (Lipinski definition) is 1. The van der Waals surface area contributed by atoms with Crippen LogP contribution in [-0.4, -0.2) is 46.6 Å². The van der Waals surface area contributed by atoms with Crippen LogP contribution < -0.4 is 5.32 Å². The van der Waals surface area contributed by atoms with Crippen LogP contribution >= 0.6 is 11.8 Å². The fourth-order valence-electron chi connectivity index (χ4n) is 3.10. The number of carbonyl (C=O) groups excluding carboxylic acids is 1. The first kappa shape index (κ1) is 23.7. The third kappa shape index (κ3) is 5.86. The predicted octanol–water partition coefficient (Wildman–Crippen LogP) is 5.01. The summed E-state index contributed by atoms with van der Waals surface area (Å²) in [5.74, 6) is -1.62. The third-order valence-electron chi connectivity index (χ3n) is 4.41. The van der Waals surface area contributed by atoms with Gasteiger partial charge in [-0.3, -0.25) is 4.79 Å². The number of halogens is 4. The van der Waals surface area contributed by atoms with E-state index in [9.17, 15) is 22.4 Å². The lowest BCUT2D eigenvalue weighted by molar-refractivity contribution is -0.150. The van der Waals surface area contributed by atoms with Crippen LogP contribution in [0.1, 0.15) is 6.42 Å². The molecule has 0 saturated heterocycles. The highest BCUT2D eigenvalue weighted by atomic mass is 32.2. The van der Waals surface area contributed by atoms with Gasteiger partial charge < -0.3 is 14.6 Å². The zero-order valence-electron chi connectivity index (χ0n) is 17.2. The summed E-state index contributed by atoms with van der Waals surface area (Å²) in [6.07, 6.45) is -2.98. The smallest absolute Gasteiger partial charge is 0.383 e. The SMILES string of the molecule is COCCn1c(SC)nc(-c2ccc(F)cc2)c1-c1ccnc(NC(=O)CC(F)(F)F)c1. The molecule has 170 valence electrons. The van der Waals surface area contributed by atoms with E-state index in [1.807, 2.05) is 10.8 Å². The minimum Gasteiger partial charge on any atom is -0.383 e. The van der Waals surface area contributed by atoms with Gasteiger partial charge >= 0.3 is 6.18 Å². The van der Waals surface area contributed by atoms with Crippen molar-refractivity contribution in [2.24, 2.45) is 0 Å². The topological polar surface area (TPSA) is 69.0 Å². The molecule has 6 nitrogen and oxygen atoms in total. The number of ether oxygens (including phenoxy) is 1. The molecule has 0 aliphatic carbocycles. The van der Waals surface area contributed by atoms with Crippen LogP contribution in [0.3, 0.4) is 0 Å². The molecular weight excluding hydrogens is 448 g/mol. The van der Waals surface area contributed by atoms with Gasteiger partial charge in [-0.05, 0) is 42.7 Å². The van der Waals surface area contributed by atoms with Gasteiger partial charge in [-0.15, -0.1) is 0 Å². The molecule has 0 saturated carbocycles. The zero-order valence-corrected chi connectivity index (χ0v) is 18.1. The molecule has 0 radical (unpaired) electrons. The lowest BCUT2D eigenvalue weighted by atomic mass is 10.1. The molecule has 0 fully saturated rings. The maximum atomic E-state index is 13.5. The Morgan fingerprint density at radius 2 is 1.91 bits per heavy atom. The summed E-state index contributed by atoms with van der Waals surface area (Å²) >= 11 is 1.41. The van der Waals surface area contributed by atoms with Gasteiger partial charge in [0.25, 0.3) is 0 Å². The fourth-order valence-corrected chi connectivity index (χ4v) is 3.68. The molecule has 0 aliphatic heterocycles. The summed E-state index contributed by atoms with van der Waals surface area (Å²) in [5, 5.41) is 2.86. The number of alkyl halides is 3. The molecular formula is C21H20F4N4O2S. The molecule has 0 bridgehead atoms. The minimum absolute atomic E-state index is 0.0213. The van der Waals surface area contributed by atoms with Gasteiger partial charge in [0.1, 0.15) is 18.1 Å². The van der Waals surface area contributed by atoms with Crippen molar-refractivity contribution in [1.29, 1.82) is 0 Å². The van der Waals surface area contributed by atoms with Crippen LogP contribution in [-0.2, 0) is 16.1 Å². The number of benzene rings is 1. The second-order valence-corrected chi connectivity index (χ2v) is 7.49. The summed E-state index contributed by atoms with van der Waals surface area (Å²) < 4.78 is 58.1. The quantitative estimate of drug-likeness (QED) is 0.372. The Hall–Kier alpha value is -2.92. The van der Waals surface area contributed by atoms with E-state index in [4.69, 9.17) is 4.74 Å². The van der Waals surface area contributed by atoms with E-state index >= 15 is 0 Å². The van der Waals surface area contributed by atoms with Crippen LogP contribution in [0, 0.1) is 5.82 Å². The average molecular weight is 468 g/mol. The second kappa shape index (κ2) is 10.1. The molecule has 3 rings (SSSR count). The van der Waals surface area contributed by atoms with Gasteiger partial charge in [0, 0.05) is 31.0 Å². The first-order valence-corrected chi connectivity index (χ1v) is 10.7. The van der Waals surface area contributed by atoms with Gasteiger partial charge in [-0.25, -0.2) is 14.4 Å². The molecule has 1 aromatic carbocycles. The zero-order chi connectivity index (χ0) is 23.3.